The lowest BCUT2D eigenvalue weighted by Crippen LogP contribution is -2.45. The average molecular weight is 646 g/mol. The molecule has 260 valence electrons. The van der Waals surface area contributed by atoms with E-state index in [0.717, 1.165) is 23.8 Å². The molecule has 0 bridgehead atoms. The zero-order valence-corrected chi connectivity index (χ0v) is 31.5. The van der Waals surface area contributed by atoms with Crippen LogP contribution in [-0.2, 0) is 28.1 Å². The Morgan fingerprint density at radius 3 is 1.48 bits per heavy atom. The van der Waals surface area contributed by atoms with E-state index in [1.165, 1.54) is 0 Å². The maximum absolute atomic E-state index is 12.3. The van der Waals surface area contributed by atoms with E-state index in [1.54, 1.807) is 9.80 Å². The summed E-state index contributed by atoms with van der Waals surface area (Å²) < 4.78 is 35.4. The highest BCUT2D eigenvalue weighted by Crippen LogP contribution is 2.41. The SMILES string of the molecule is CC1C=C(B2OC(C)(C)C(C)(C)O2)CCN1C(=O)OC(C)(C)C.CC1CC(B2OC(C)(C)C(C)(C)O2)=CCN1C(=O)OC(C)(C)C. The summed E-state index contributed by atoms with van der Waals surface area (Å²) >= 11 is 0. The van der Waals surface area contributed by atoms with Gasteiger partial charge in [-0.25, -0.2) is 9.59 Å². The van der Waals surface area contributed by atoms with E-state index in [9.17, 15) is 9.59 Å². The Bertz CT molecular complexity index is 1140. The van der Waals surface area contributed by atoms with Crippen LogP contribution in [-0.4, -0.2) is 95.0 Å². The Morgan fingerprint density at radius 2 is 1.11 bits per heavy atom. The molecule has 4 rings (SSSR count). The number of carbonyl (C=O) groups excluding carboxylic acids is 2. The van der Waals surface area contributed by atoms with Crippen LogP contribution < -0.4 is 0 Å². The molecule has 0 aromatic rings. The van der Waals surface area contributed by atoms with Crippen LogP contribution in [0.3, 0.4) is 0 Å². The third-order valence-corrected chi connectivity index (χ3v) is 9.57. The molecule has 4 heterocycles. The lowest BCUT2D eigenvalue weighted by Gasteiger charge is -2.34. The lowest BCUT2D eigenvalue weighted by atomic mass is 9.73. The van der Waals surface area contributed by atoms with E-state index in [0.29, 0.717) is 13.1 Å². The van der Waals surface area contributed by atoms with Crippen LogP contribution >= 0.6 is 0 Å². The van der Waals surface area contributed by atoms with Crippen molar-refractivity contribution in [3.63, 3.8) is 0 Å². The molecule has 12 heteroatoms. The van der Waals surface area contributed by atoms with Crippen molar-refractivity contribution >= 4 is 26.4 Å². The zero-order chi connectivity index (χ0) is 35.3. The molecule has 46 heavy (non-hydrogen) atoms. The summed E-state index contributed by atoms with van der Waals surface area (Å²) in [5.41, 5.74) is -0.117. The van der Waals surface area contributed by atoms with Gasteiger partial charge in [0.25, 0.3) is 0 Å². The van der Waals surface area contributed by atoms with Gasteiger partial charge >= 0.3 is 26.4 Å². The predicted octanol–water partition coefficient (Wildman–Crippen LogP) is 7.15. The van der Waals surface area contributed by atoms with Gasteiger partial charge in [0.05, 0.1) is 28.4 Å². The molecule has 2 unspecified atom stereocenters. The quantitative estimate of drug-likeness (QED) is 0.292. The third-order valence-electron chi connectivity index (χ3n) is 9.57. The molecule has 0 aromatic carbocycles. The number of rotatable bonds is 2. The van der Waals surface area contributed by atoms with E-state index in [1.807, 2.05) is 117 Å². The number of carbonyl (C=O) groups is 2. The zero-order valence-electron chi connectivity index (χ0n) is 31.5. The Kier molecular flexibility index (Phi) is 11.0. The Balaban J connectivity index is 0.000000250. The summed E-state index contributed by atoms with van der Waals surface area (Å²) in [7, 11) is -0.661. The largest absolute Gasteiger partial charge is 0.490 e. The van der Waals surface area contributed by atoms with Crippen molar-refractivity contribution in [2.24, 2.45) is 0 Å². The van der Waals surface area contributed by atoms with Crippen molar-refractivity contribution in [2.45, 2.75) is 169 Å². The number of amides is 2. The van der Waals surface area contributed by atoms with Gasteiger partial charge in [0.15, 0.2) is 0 Å². The number of hydrogen-bond donors (Lipinski definition) is 0. The van der Waals surface area contributed by atoms with Gasteiger partial charge in [-0.05, 0) is 135 Å². The molecule has 0 spiro atoms. The van der Waals surface area contributed by atoms with Gasteiger partial charge in [-0.2, -0.15) is 0 Å². The maximum atomic E-state index is 12.3. The minimum absolute atomic E-state index is 0.0346. The highest BCUT2D eigenvalue weighted by molar-refractivity contribution is 6.55. The first-order valence-corrected chi connectivity index (χ1v) is 16.7. The molecule has 4 aliphatic heterocycles. The number of hydrogen-bond acceptors (Lipinski definition) is 8. The molecule has 10 nitrogen and oxygen atoms in total. The molecule has 0 saturated carbocycles. The van der Waals surface area contributed by atoms with Gasteiger partial charge in [0, 0.05) is 19.1 Å². The predicted molar refractivity (Wildman–Crippen MR) is 182 cm³/mol. The van der Waals surface area contributed by atoms with Crippen molar-refractivity contribution in [3.05, 3.63) is 23.1 Å². The fourth-order valence-electron chi connectivity index (χ4n) is 5.40. The van der Waals surface area contributed by atoms with E-state index in [-0.39, 0.29) is 60.9 Å². The topological polar surface area (TPSA) is 96.0 Å². The molecular weight excluding hydrogens is 586 g/mol. The van der Waals surface area contributed by atoms with Gasteiger partial charge in [0.2, 0.25) is 0 Å². The standard InChI is InChI=1S/2C17H30BNO4/c2*1-12-11-13(18-22-16(5,6)17(7,8)23-18)9-10-19(12)14(20)21-15(2,3)4/h11-12H,9-10H2,1-8H3;9,12H,10-11H2,1-8H3. The van der Waals surface area contributed by atoms with Crippen LogP contribution in [0.1, 0.15) is 124 Å². The van der Waals surface area contributed by atoms with E-state index in [2.05, 4.69) is 6.08 Å². The highest BCUT2D eigenvalue weighted by atomic mass is 16.7. The second kappa shape index (κ2) is 13.1. The maximum Gasteiger partial charge on any atom is 0.490 e. The Morgan fingerprint density at radius 1 is 0.717 bits per heavy atom. The van der Waals surface area contributed by atoms with Crippen molar-refractivity contribution < 1.29 is 37.7 Å². The van der Waals surface area contributed by atoms with Crippen LogP contribution in [0, 0.1) is 0 Å². The fourth-order valence-corrected chi connectivity index (χ4v) is 5.40. The van der Waals surface area contributed by atoms with Crippen LogP contribution in [0.25, 0.3) is 0 Å². The first-order chi connectivity index (χ1) is 20.6. The summed E-state index contributed by atoms with van der Waals surface area (Å²) in [5, 5.41) is 0. The van der Waals surface area contributed by atoms with E-state index in [4.69, 9.17) is 28.1 Å². The van der Waals surface area contributed by atoms with Gasteiger partial charge in [-0.1, -0.05) is 12.2 Å². The van der Waals surface area contributed by atoms with Gasteiger partial charge in [-0.3, -0.25) is 0 Å². The molecular formula is C34H60B2N2O8. The van der Waals surface area contributed by atoms with Crippen LogP contribution in [0.2, 0.25) is 0 Å². The summed E-state index contributed by atoms with van der Waals surface area (Å²) in [6.45, 7) is 32.8. The molecule has 0 N–H and O–H groups in total. The van der Waals surface area contributed by atoms with Crippen molar-refractivity contribution in [1.82, 2.24) is 9.80 Å². The van der Waals surface area contributed by atoms with Gasteiger partial charge < -0.3 is 37.9 Å². The summed E-state index contributed by atoms with van der Waals surface area (Å²) in [6.07, 6.45) is 5.03. The van der Waals surface area contributed by atoms with E-state index < -0.39 is 11.2 Å². The van der Waals surface area contributed by atoms with E-state index >= 15 is 0 Å². The smallest absolute Gasteiger partial charge is 0.444 e. The first-order valence-electron chi connectivity index (χ1n) is 16.7. The lowest BCUT2D eigenvalue weighted by molar-refractivity contribution is 0.00578. The highest BCUT2D eigenvalue weighted by Gasteiger charge is 2.54. The average Bonchev–Trinajstić information content (AvgIpc) is 3.21. The normalized spacial score (nSPS) is 27.0. The number of nitrogens with zero attached hydrogens (tertiary/aromatic N) is 2. The van der Waals surface area contributed by atoms with Crippen LogP contribution in [0.15, 0.2) is 23.1 Å². The molecule has 4 aliphatic rings. The summed E-state index contributed by atoms with van der Waals surface area (Å²) in [5.74, 6) is 0. The second-order valence-corrected chi connectivity index (χ2v) is 17.0. The Hall–Kier alpha value is -2.01. The minimum Gasteiger partial charge on any atom is -0.444 e. The molecule has 0 aromatic heterocycles. The van der Waals surface area contributed by atoms with Crippen LogP contribution in [0.5, 0.6) is 0 Å². The summed E-state index contributed by atoms with van der Waals surface area (Å²) in [6, 6.07) is 0.0245. The van der Waals surface area contributed by atoms with Gasteiger partial charge in [0.1, 0.15) is 11.2 Å². The molecule has 2 saturated heterocycles. The first kappa shape index (κ1) is 38.4. The van der Waals surface area contributed by atoms with Crippen molar-refractivity contribution in [1.29, 1.82) is 0 Å². The monoisotopic (exact) mass is 646 g/mol. The molecule has 2 fully saturated rings. The van der Waals surface area contributed by atoms with Crippen molar-refractivity contribution in [2.75, 3.05) is 13.1 Å². The molecule has 2 atom stereocenters. The van der Waals surface area contributed by atoms with Gasteiger partial charge in [-0.15, -0.1) is 0 Å². The number of ether oxygens (including phenoxy) is 2. The third kappa shape index (κ3) is 9.11. The van der Waals surface area contributed by atoms with Crippen LogP contribution in [0.4, 0.5) is 9.59 Å². The molecule has 2 amide bonds. The summed E-state index contributed by atoms with van der Waals surface area (Å²) in [4.78, 5) is 28.0. The molecule has 0 aliphatic carbocycles. The molecule has 0 radical (unpaired) electrons. The fraction of sp³-hybridized carbons (Fsp3) is 0.824. The van der Waals surface area contributed by atoms with Crippen molar-refractivity contribution in [3.8, 4) is 0 Å². The Labute approximate surface area is 279 Å². The second-order valence-electron chi connectivity index (χ2n) is 17.0. The minimum atomic E-state index is -0.480.